The molecular weight excluding hydrogens is 372 g/mol. The molecule has 6 heteroatoms. The zero-order valence-electron chi connectivity index (χ0n) is 17.2. The SMILES string of the molecule is CC(=O)OC(Oc1ccc2c(c1)CC[C@@H]1[C@@H]2CC[C@]2(C)[C@@H](O)CC[C@@H]12)C(O)CO. The molecule has 4 rings (SSSR count). The number of esters is 1. The van der Waals surface area contributed by atoms with Crippen LogP contribution in [-0.4, -0.2) is 46.4 Å². The van der Waals surface area contributed by atoms with E-state index in [2.05, 4.69) is 13.0 Å². The van der Waals surface area contributed by atoms with Gasteiger partial charge in [0.2, 0.25) is 0 Å². The fraction of sp³-hybridized carbons (Fsp3) is 0.696. The van der Waals surface area contributed by atoms with Crippen molar-refractivity contribution in [1.82, 2.24) is 0 Å². The zero-order chi connectivity index (χ0) is 20.8. The summed E-state index contributed by atoms with van der Waals surface area (Å²) in [6.07, 6.45) is 3.58. The molecule has 3 aliphatic carbocycles. The maximum atomic E-state index is 11.3. The van der Waals surface area contributed by atoms with Crippen molar-refractivity contribution in [3.63, 3.8) is 0 Å². The fourth-order valence-electron chi connectivity index (χ4n) is 6.17. The molecule has 0 aromatic heterocycles. The van der Waals surface area contributed by atoms with Gasteiger partial charge in [-0.1, -0.05) is 13.0 Å². The molecule has 1 aromatic rings. The second-order valence-corrected chi connectivity index (χ2v) is 9.26. The third-order valence-electron chi connectivity index (χ3n) is 7.68. The standard InChI is InChI=1S/C23H32O6/c1-13(25)28-22(20(26)12-24)29-15-4-6-16-14(11-15)3-5-18-17(16)9-10-23(2)19(18)7-8-21(23)27/h4,6,11,17-22,24,26-27H,3,5,7-10,12H2,1-2H3/t17-,18-,19+,20?,21+,22?,23+/m1/s1. The van der Waals surface area contributed by atoms with Crippen LogP contribution < -0.4 is 4.74 Å². The van der Waals surface area contributed by atoms with Crippen molar-refractivity contribution in [3.05, 3.63) is 29.3 Å². The Labute approximate surface area is 171 Å². The fourth-order valence-corrected chi connectivity index (χ4v) is 6.17. The van der Waals surface area contributed by atoms with Crippen molar-refractivity contribution >= 4 is 5.97 Å². The van der Waals surface area contributed by atoms with Crippen molar-refractivity contribution in [2.45, 2.75) is 76.8 Å². The zero-order valence-corrected chi connectivity index (χ0v) is 17.2. The van der Waals surface area contributed by atoms with E-state index in [0.717, 1.165) is 38.5 Å². The van der Waals surface area contributed by atoms with E-state index in [0.29, 0.717) is 23.5 Å². The van der Waals surface area contributed by atoms with Gasteiger partial charge in [-0.25, -0.2) is 0 Å². The summed E-state index contributed by atoms with van der Waals surface area (Å²) in [7, 11) is 0. The Balaban J connectivity index is 1.53. The third-order valence-corrected chi connectivity index (χ3v) is 7.68. The van der Waals surface area contributed by atoms with Gasteiger partial charge in [0, 0.05) is 6.92 Å². The normalized spacial score (nSPS) is 35.1. The number of aryl methyl sites for hydroxylation is 1. The van der Waals surface area contributed by atoms with Gasteiger partial charge in [0.1, 0.15) is 5.75 Å². The van der Waals surface area contributed by atoms with E-state index in [4.69, 9.17) is 9.47 Å². The maximum Gasteiger partial charge on any atom is 0.305 e. The van der Waals surface area contributed by atoms with Gasteiger partial charge in [-0.3, -0.25) is 4.79 Å². The quantitative estimate of drug-likeness (QED) is 0.516. The number of hydrogen-bond donors (Lipinski definition) is 3. The summed E-state index contributed by atoms with van der Waals surface area (Å²) in [5.74, 6) is 1.68. The van der Waals surface area contributed by atoms with E-state index in [1.807, 2.05) is 12.1 Å². The number of carbonyl (C=O) groups excluding carboxylic acids is 1. The van der Waals surface area contributed by atoms with Crippen LogP contribution in [0.15, 0.2) is 18.2 Å². The first-order chi connectivity index (χ1) is 13.8. The van der Waals surface area contributed by atoms with Crippen LogP contribution >= 0.6 is 0 Å². The number of aliphatic hydroxyl groups is 3. The Morgan fingerprint density at radius 2 is 2.07 bits per heavy atom. The van der Waals surface area contributed by atoms with E-state index in [1.54, 1.807) is 0 Å². The van der Waals surface area contributed by atoms with Crippen LogP contribution in [0.1, 0.15) is 63.0 Å². The summed E-state index contributed by atoms with van der Waals surface area (Å²) < 4.78 is 10.7. The first-order valence-corrected chi connectivity index (χ1v) is 10.8. The second kappa shape index (κ2) is 7.89. The minimum absolute atomic E-state index is 0.0689. The van der Waals surface area contributed by atoms with E-state index in [1.165, 1.54) is 18.1 Å². The predicted octanol–water partition coefficient (Wildman–Crippen LogP) is 2.52. The molecule has 0 saturated heterocycles. The molecule has 0 heterocycles. The van der Waals surface area contributed by atoms with Crippen molar-refractivity contribution in [3.8, 4) is 5.75 Å². The van der Waals surface area contributed by atoms with Crippen LogP contribution in [0.4, 0.5) is 0 Å². The highest BCUT2D eigenvalue weighted by atomic mass is 16.7. The lowest BCUT2D eigenvalue weighted by Crippen LogP contribution is -2.43. The Bertz CT molecular complexity index is 764. The van der Waals surface area contributed by atoms with Gasteiger partial charge in [0.05, 0.1) is 12.7 Å². The molecule has 160 valence electrons. The van der Waals surface area contributed by atoms with Crippen LogP contribution in [-0.2, 0) is 16.0 Å². The Morgan fingerprint density at radius 3 is 2.79 bits per heavy atom. The third kappa shape index (κ3) is 3.66. The average Bonchev–Trinajstić information content (AvgIpc) is 3.01. The monoisotopic (exact) mass is 404 g/mol. The molecule has 6 nitrogen and oxygen atoms in total. The van der Waals surface area contributed by atoms with Gasteiger partial charge < -0.3 is 24.8 Å². The van der Waals surface area contributed by atoms with Gasteiger partial charge in [-0.2, -0.15) is 0 Å². The number of ether oxygens (including phenoxy) is 2. The number of aliphatic hydroxyl groups excluding tert-OH is 3. The molecule has 7 atom stereocenters. The van der Waals surface area contributed by atoms with Crippen LogP contribution in [0.5, 0.6) is 5.75 Å². The summed E-state index contributed by atoms with van der Waals surface area (Å²) in [5, 5.41) is 29.6. The van der Waals surface area contributed by atoms with E-state index >= 15 is 0 Å². The summed E-state index contributed by atoms with van der Waals surface area (Å²) in [6, 6.07) is 5.94. The Kier molecular flexibility index (Phi) is 5.62. The number of hydrogen-bond acceptors (Lipinski definition) is 6. The summed E-state index contributed by atoms with van der Waals surface area (Å²) in [5.41, 5.74) is 2.68. The minimum atomic E-state index is -1.30. The topological polar surface area (TPSA) is 96.2 Å². The number of carbonyl (C=O) groups is 1. The highest BCUT2D eigenvalue weighted by molar-refractivity contribution is 5.66. The summed E-state index contributed by atoms with van der Waals surface area (Å²) >= 11 is 0. The molecule has 3 aliphatic rings. The molecule has 2 unspecified atom stereocenters. The molecular formula is C23H32O6. The number of fused-ring (bicyclic) bond motifs is 5. The van der Waals surface area contributed by atoms with Crippen LogP contribution in [0.3, 0.4) is 0 Å². The van der Waals surface area contributed by atoms with Gasteiger partial charge in [0.25, 0.3) is 6.29 Å². The first-order valence-electron chi connectivity index (χ1n) is 10.8. The first kappa shape index (κ1) is 20.6. The maximum absolute atomic E-state index is 11.3. The highest BCUT2D eigenvalue weighted by Gasteiger charge is 2.54. The van der Waals surface area contributed by atoms with Crippen molar-refractivity contribution in [2.75, 3.05) is 6.61 Å². The smallest absolute Gasteiger partial charge is 0.305 e. The average molecular weight is 405 g/mol. The van der Waals surface area contributed by atoms with Crippen LogP contribution in [0, 0.1) is 17.3 Å². The largest absolute Gasteiger partial charge is 0.452 e. The number of benzene rings is 1. The second-order valence-electron chi connectivity index (χ2n) is 9.26. The van der Waals surface area contributed by atoms with Crippen molar-refractivity contribution < 1.29 is 29.6 Å². The lowest BCUT2D eigenvalue weighted by molar-refractivity contribution is -0.180. The molecule has 0 amide bonds. The summed E-state index contributed by atoms with van der Waals surface area (Å²) in [6.45, 7) is 2.96. The van der Waals surface area contributed by atoms with Crippen molar-refractivity contribution in [1.29, 1.82) is 0 Å². The molecule has 3 N–H and O–H groups in total. The Hall–Kier alpha value is -1.63. The number of rotatable bonds is 5. The van der Waals surface area contributed by atoms with Crippen LogP contribution in [0.2, 0.25) is 0 Å². The molecule has 1 aromatic carbocycles. The molecule has 0 radical (unpaired) electrons. The lowest BCUT2D eigenvalue weighted by Gasteiger charge is -2.50. The summed E-state index contributed by atoms with van der Waals surface area (Å²) in [4.78, 5) is 11.3. The molecule has 0 aliphatic heterocycles. The van der Waals surface area contributed by atoms with Gasteiger partial charge in [-0.15, -0.1) is 0 Å². The molecule has 29 heavy (non-hydrogen) atoms. The molecule has 2 fully saturated rings. The highest BCUT2D eigenvalue weighted by Crippen LogP contribution is 2.60. The van der Waals surface area contributed by atoms with Crippen molar-refractivity contribution in [2.24, 2.45) is 17.3 Å². The van der Waals surface area contributed by atoms with Crippen LogP contribution in [0.25, 0.3) is 0 Å². The Morgan fingerprint density at radius 1 is 1.28 bits per heavy atom. The van der Waals surface area contributed by atoms with Gasteiger partial charge >= 0.3 is 5.97 Å². The predicted molar refractivity (Wildman–Crippen MR) is 106 cm³/mol. The van der Waals surface area contributed by atoms with E-state index in [9.17, 15) is 20.1 Å². The van der Waals surface area contributed by atoms with E-state index < -0.39 is 25.0 Å². The minimum Gasteiger partial charge on any atom is -0.452 e. The molecule has 2 saturated carbocycles. The molecule has 0 spiro atoms. The van der Waals surface area contributed by atoms with Gasteiger partial charge in [-0.05, 0) is 85.0 Å². The van der Waals surface area contributed by atoms with E-state index in [-0.39, 0.29) is 11.5 Å². The lowest BCUT2D eigenvalue weighted by atomic mass is 9.55. The molecule has 0 bridgehead atoms. The van der Waals surface area contributed by atoms with Gasteiger partial charge in [0.15, 0.2) is 6.10 Å².